The molecule has 28 heavy (non-hydrogen) atoms. The lowest BCUT2D eigenvalue weighted by Crippen LogP contribution is -2.11. The first-order valence-electron chi connectivity index (χ1n) is 9.11. The highest BCUT2D eigenvalue weighted by Crippen LogP contribution is 2.36. The van der Waals surface area contributed by atoms with Gasteiger partial charge in [-0.3, -0.25) is 4.79 Å². The van der Waals surface area contributed by atoms with Crippen molar-refractivity contribution >= 4 is 50.1 Å². The molecule has 0 radical (unpaired) electrons. The van der Waals surface area contributed by atoms with Crippen LogP contribution in [0.2, 0.25) is 5.02 Å². The van der Waals surface area contributed by atoms with Gasteiger partial charge in [0.25, 0.3) is 0 Å². The summed E-state index contributed by atoms with van der Waals surface area (Å²) in [4.78, 5) is 12.1. The molecule has 5 aromatic rings. The molecular formula is C24H17ClN2O. The summed E-state index contributed by atoms with van der Waals surface area (Å²) in [5.41, 5.74) is 9.24. The number of rotatable bonds is 3. The third-order valence-electron chi connectivity index (χ3n) is 5.33. The maximum Gasteiger partial charge on any atom is 0.249 e. The minimum Gasteiger partial charge on any atom is -0.366 e. The number of carbonyl (C=O) groups excluding carboxylic acids is 1. The van der Waals surface area contributed by atoms with Crippen LogP contribution in [0.1, 0.15) is 15.9 Å². The molecule has 136 valence electrons. The lowest BCUT2D eigenvalue weighted by molar-refractivity contribution is 0.100. The number of fused-ring (bicyclic) bond motifs is 4. The summed E-state index contributed by atoms with van der Waals surface area (Å²) in [6, 6.07) is 26.1. The van der Waals surface area contributed by atoms with Crippen LogP contribution in [-0.2, 0) is 6.54 Å². The normalized spacial score (nSPS) is 11.5. The van der Waals surface area contributed by atoms with Crippen LogP contribution in [0, 0.1) is 0 Å². The first-order valence-corrected chi connectivity index (χ1v) is 9.49. The van der Waals surface area contributed by atoms with Crippen molar-refractivity contribution in [3.05, 3.63) is 95.0 Å². The zero-order valence-corrected chi connectivity index (χ0v) is 15.8. The van der Waals surface area contributed by atoms with Gasteiger partial charge in [0.2, 0.25) is 5.91 Å². The van der Waals surface area contributed by atoms with Crippen molar-refractivity contribution < 1.29 is 4.79 Å². The zero-order valence-electron chi connectivity index (χ0n) is 15.0. The van der Waals surface area contributed by atoms with Gasteiger partial charge < -0.3 is 10.3 Å². The van der Waals surface area contributed by atoms with Gasteiger partial charge in [-0.05, 0) is 34.5 Å². The van der Waals surface area contributed by atoms with Gasteiger partial charge in [0.1, 0.15) is 0 Å². The van der Waals surface area contributed by atoms with E-state index in [4.69, 9.17) is 17.3 Å². The molecule has 2 N–H and O–H groups in total. The van der Waals surface area contributed by atoms with Crippen molar-refractivity contribution in [1.82, 2.24) is 4.57 Å². The predicted molar refractivity (Wildman–Crippen MR) is 116 cm³/mol. The number of carbonyl (C=O) groups is 1. The molecule has 0 unspecified atom stereocenters. The summed E-state index contributed by atoms with van der Waals surface area (Å²) in [5, 5.41) is 4.86. The largest absolute Gasteiger partial charge is 0.366 e. The lowest BCUT2D eigenvalue weighted by atomic mass is 10.0. The van der Waals surface area contributed by atoms with Crippen LogP contribution in [0.4, 0.5) is 0 Å². The Balaban J connectivity index is 1.86. The molecule has 0 spiro atoms. The van der Waals surface area contributed by atoms with Gasteiger partial charge in [-0.1, -0.05) is 72.3 Å². The molecule has 0 saturated carbocycles. The second-order valence-corrected chi connectivity index (χ2v) is 7.33. The number of benzene rings is 4. The molecule has 3 nitrogen and oxygen atoms in total. The van der Waals surface area contributed by atoms with Crippen LogP contribution in [0.3, 0.4) is 0 Å². The summed E-state index contributed by atoms with van der Waals surface area (Å²) in [5.74, 6) is -0.435. The van der Waals surface area contributed by atoms with Crippen LogP contribution in [0.25, 0.3) is 32.6 Å². The highest BCUT2D eigenvalue weighted by molar-refractivity contribution is 6.37. The minimum atomic E-state index is -0.435. The second-order valence-electron chi connectivity index (χ2n) is 6.92. The number of aromatic nitrogens is 1. The molecule has 0 fully saturated rings. The maximum absolute atomic E-state index is 12.1. The van der Waals surface area contributed by atoms with Crippen molar-refractivity contribution in [2.45, 2.75) is 6.54 Å². The number of hydrogen-bond acceptors (Lipinski definition) is 1. The zero-order chi connectivity index (χ0) is 19.3. The summed E-state index contributed by atoms with van der Waals surface area (Å²) in [7, 11) is 0. The van der Waals surface area contributed by atoms with E-state index in [1.54, 1.807) is 6.07 Å². The molecule has 4 heteroatoms. The Morgan fingerprint density at radius 3 is 2.43 bits per heavy atom. The van der Waals surface area contributed by atoms with E-state index in [9.17, 15) is 4.79 Å². The molecular weight excluding hydrogens is 368 g/mol. The Bertz CT molecular complexity index is 1380. The van der Waals surface area contributed by atoms with Gasteiger partial charge in [-0.15, -0.1) is 0 Å². The summed E-state index contributed by atoms with van der Waals surface area (Å²) >= 11 is 6.61. The smallest absolute Gasteiger partial charge is 0.249 e. The van der Waals surface area contributed by atoms with Crippen molar-refractivity contribution in [3.8, 4) is 0 Å². The molecule has 1 amide bonds. The first-order chi connectivity index (χ1) is 13.6. The fraction of sp³-hybridized carbons (Fsp3) is 0.0417. The van der Waals surface area contributed by atoms with Gasteiger partial charge in [0.05, 0.1) is 16.1 Å². The average Bonchev–Trinajstić information content (AvgIpc) is 3.03. The van der Waals surface area contributed by atoms with E-state index < -0.39 is 5.91 Å². The quantitative estimate of drug-likeness (QED) is 0.423. The van der Waals surface area contributed by atoms with Gasteiger partial charge in [-0.2, -0.15) is 0 Å². The number of nitrogens with two attached hydrogens (primary N) is 1. The van der Waals surface area contributed by atoms with Crippen LogP contribution in [0.5, 0.6) is 0 Å². The molecule has 0 bridgehead atoms. The van der Waals surface area contributed by atoms with Crippen molar-refractivity contribution in [3.63, 3.8) is 0 Å². The summed E-state index contributed by atoms with van der Waals surface area (Å²) in [6.45, 7) is 0.646. The number of para-hydroxylation sites is 1. The Kier molecular flexibility index (Phi) is 3.85. The van der Waals surface area contributed by atoms with Crippen LogP contribution in [-0.4, -0.2) is 10.5 Å². The van der Waals surface area contributed by atoms with E-state index >= 15 is 0 Å². The molecule has 0 saturated heterocycles. The van der Waals surface area contributed by atoms with E-state index in [2.05, 4.69) is 41.0 Å². The first kappa shape index (κ1) is 16.8. The van der Waals surface area contributed by atoms with Gasteiger partial charge in [0.15, 0.2) is 0 Å². The number of amides is 1. The Morgan fingerprint density at radius 2 is 1.57 bits per heavy atom. The third kappa shape index (κ3) is 2.48. The molecule has 1 aromatic heterocycles. The Hall–Kier alpha value is -3.30. The Labute approximate surface area is 166 Å². The maximum atomic E-state index is 12.1. The topological polar surface area (TPSA) is 48.0 Å². The monoisotopic (exact) mass is 384 g/mol. The van der Waals surface area contributed by atoms with E-state index in [1.807, 2.05) is 36.4 Å². The molecule has 4 aromatic carbocycles. The van der Waals surface area contributed by atoms with E-state index in [1.165, 1.54) is 16.3 Å². The number of primary amides is 1. The average molecular weight is 385 g/mol. The third-order valence-corrected chi connectivity index (χ3v) is 5.64. The molecule has 5 rings (SSSR count). The molecule has 0 aliphatic heterocycles. The summed E-state index contributed by atoms with van der Waals surface area (Å²) < 4.78 is 2.18. The van der Waals surface area contributed by atoms with E-state index in [0.29, 0.717) is 17.1 Å². The molecule has 0 aliphatic rings. The predicted octanol–water partition coefficient (Wildman–Crippen LogP) is 5.75. The van der Waals surface area contributed by atoms with E-state index in [0.717, 1.165) is 21.8 Å². The van der Waals surface area contributed by atoms with Gasteiger partial charge >= 0.3 is 0 Å². The van der Waals surface area contributed by atoms with Gasteiger partial charge in [0, 0.05) is 22.9 Å². The highest BCUT2D eigenvalue weighted by Gasteiger charge is 2.18. The van der Waals surface area contributed by atoms with Crippen LogP contribution >= 0.6 is 11.6 Å². The van der Waals surface area contributed by atoms with E-state index in [-0.39, 0.29) is 0 Å². The van der Waals surface area contributed by atoms with Crippen LogP contribution < -0.4 is 5.73 Å². The van der Waals surface area contributed by atoms with Crippen LogP contribution in [0.15, 0.2) is 78.9 Å². The SMILES string of the molecule is NC(=O)c1cccc2c1c1cccc(Cl)c1n2Cc1cccc2ccccc12. The lowest BCUT2D eigenvalue weighted by Gasteiger charge is -2.11. The fourth-order valence-electron chi connectivity index (χ4n) is 4.13. The van der Waals surface area contributed by atoms with Crippen molar-refractivity contribution in [1.29, 1.82) is 0 Å². The standard InChI is InChI=1S/C24H17ClN2O/c25-20-12-4-10-18-22-19(24(26)28)11-5-13-21(22)27(23(18)20)14-16-8-3-7-15-6-1-2-9-17(15)16/h1-13H,14H2,(H2,26,28). The molecule has 0 aliphatic carbocycles. The second kappa shape index (κ2) is 6.39. The molecule has 1 heterocycles. The Morgan fingerprint density at radius 1 is 0.857 bits per heavy atom. The fourth-order valence-corrected chi connectivity index (χ4v) is 4.41. The molecule has 0 atom stereocenters. The highest BCUT2D eigenvalue weighted by atomic mass is 35.5. The number of halogens is 1. The summed E-state index contributed by atoms with van der Waals surface area (Å²) in [6.07, 6.45) is 0. The number of nitrogens with zero attached hydrogens (tertiary/aromatic N) is 1. The minimum absolute atomic E-state index is 0.435. The van der Waals surface area contributed by atoms with Crippen molar-refractivity contribution in [2.75, 3.05) is 0 Å². The van der Waals surface area contributed by atoms with Crippen molar-refractivity contribution in [2.24, 2.45) is 5.73 Å². The number of hydrogen-bond donors (Lipinski definition) is 1. The van der Waals surface area contributed by atoms with Gasteiger partial charge in [-0.25, -0.2) is 0 Å².